The molecule has 0 aromatic carbocycles. The summed E-state index contributed by atoms with van der Waals surface area (Å²) in [5.41, 5.74) is 1.85. The highest BCUT2D eigenvalue weighted by Crippen LogP contribution is 2.33. The molecule has 0 atom stereocenters. The Morgan fingerprint density at radius 2 is 1.88 bits per heavy atom. The van der Waals surface area contributed by atoms with E-state index in [-0.39, 0.29) is 11.2 Å². The van der Waals surface area contributed by atoms with Crippen molar-refractivity contribution in [1.82, 2.24) is 25.3 Å². The highest BCUT2D eigenvalue weighted by molar-refractivity contribution is 7.21. The minimum Gasteiger partial charge on any atom is -0.378 e. The molecule has 2 aliphatic rings. The molecule has 5 heterocycles. The topological polar surface area (TPSA) is 96.4 Å². The molecule has 2 aliphatic heterocycles. The van der Waals surface area contributed by atoms with Crippen LogP contribution in [0.2, 0.25) is 5.28 Å². The number of nitrogens with zero attached hydrogens (tertiary/aromatic N) is 6. The lowest BCUT2D eigenvalue weighted by Crippen LogP contribution is -2.39. The van der Waals surface area contributed by atoms with Crippen LogP contribution in [0.5, 0.6) is 0 Å². The predicted octanol–water partition coefficient (Wildman–Crippen LogP) is 3.18. The van der Waals surface area contributed by atoms with Crippen molar-refractivity contribution in [3.63, 3.8) is 0 Å². The van der Waals surface area contributed by atoms with Crippen molar-refractivity contribution >= 4 is 50.8 Å². The van der Waals surface area contributed by atoms with E-state index in [1.807, 2.05) is 18.5 Å². The molecule has 9 nitrogen and oxygen atoms in total. The molecule has 3 aromatic rings. The van der Waals surface area contributed by atoms with Gasteiger partial charge in [-0.15, -0.1) is 11.3 Å². The molecule has 180 valence electrons. The lowest BCUT2D eigenvalue weighted by molar-refractivity contribution is 0.0949. The fraction of sp³-hybridized carbons (Fsp3) is 0.522. The van der Waals surface area contributed by atoms with Gasteiger partial charge < -0.3 is 19.9 Å². The average molecular weight is 502 g/mol. The Morgan fingerprint density at radius 1 is 1.15 bits per heavy atom. The second-order valence-electron chi connectivity index (χ2n) is 8.63. The Hall–Kier alpha value is -2.56. The minimum absolute atomic E-state index is 0.0760. The molecule has 0 spiro atoms. The van der Waals surface area contributed by atoms with E-state index in [2.05, 4.69) is 42.0 Å². The first-order chi connectivity index (χ1) is 16.6. The van der Waals surface area contributed by atoms with Crippen LogP contribution < -0.4 is 15.1 Å². The van der Waals surface area contributed by atoms with Crippen LogP contribution in [0.3, 0.4) is 0 Å². The number of carbonyl (C=O) groups is 1. The standard InChI is InChI=1S/C23H28ClN7O2S/c1-2-15-12-26-23(27-13-15)31-5-3-16(4-6-31)14-25-21(32)18-11-17-19(34-18)20(29-22(24)28-17)30-7-9-33-10-8-30/h11-13,16H,2-10,14H2,1H3,(H,25,32). The van der Waals surface area contributed by atoms with Crippen molar-refractivity contribution in [2.24, 2.45) is 5.92 Å². The molecule has 5 rings (SSSR count). The molecular formula is C23H28ClN7O2S. The van der Waals surface area contributed by atoms with Gasteiger partial charge in [0.25, 0.3) is 5.91 Å². The van der Waals surface area contributed by atoms with Gasteiger partial charge in [0.15, 0.2) is 5.82 Å². The smallest absolute Gasteiger partial charge is 0.261 e. The van der Waals surface area contributed by atoms with Crippen LogP contribution in [-0.2, 0) is 11.2 Å². The summed E-state index contributed by atoms with van der Waals surface area (Å²) < 4.78 is 6.34. The van der Waals surface area contributed by atoms with E-state index in [1.165, 1.54) is 11.3 Å². The molecule has 11 heteroatoms. The molecule has 0 unspecified atom stereocenters. The molecule has 0 saturated carbocycles. The van der Waals surface area contributed by atoms with Crippen LogP contribution in [0.15, 0.2) is 18.5 Å². The number of rotatable bonds is 6. The van der Waals surface area contributed by atoms with E-state index in [0.717, 1.165) is 67.5 Å². The zero-order valence-electron chi connectivity index (χ0n) is 19.2. The second-order valence-corrected chi connectivity index (χ2v) is 10.0. The monoisotopic (exact) mass is 501 g/mol. The number of ether oxygens (including phenoxy) is 1. The van der Waals surface area contributed by atoms with E-state index < -0.39 is 0 Å². The van der Waals surface area contributed by atoms with E-state index in [9.17, 15) is 4.79 Å². The first-order valence-electron chi connectivity index (χ1n) is 11.7. The lowest BCUT2D eigenvalue weighted by atomic mass is 9.97. The van der Waals surface area contributed by atoms with Crippen LogP contribution in [0.25, 0.3) is 10.2 Å². The van der Waals surface area contributed by atoms with Gasteiger partial charge in [0.05, 0.1) is 28.3 Å². The number of aromatic nitrogens is 4. The van der Waals surface area contributed by atoms with Gasteiger partial charge in [0.1, 0.15) is 0 Å². The van der Waals surface area contributed by atoms with Crippen molar-refractivity contribution in [3.8, 4) is 0 Å². The third kappa shape index (κ3) is 5.08. The minimum atomic E-state index is -0.0760. The SMILES string of the molecule is CCc1cnc(N2CCC(CNC(=O)c3cc4nc(Cl)nc(N5CCOCC5)c4s3)CC2)nc1. The average Bonchev–Trinajstić information content (AvgIpc) is 3.32. The number of hydrogen-bond acceptors (Lipinski definition) is 9. The van der Waals surface area contributed by atoms with Gasteiger partial charge in [-0.3, -0.25) is 4.79 Å². The summed E-state index contributed by atoms with van der Waals surface area (Å²) in [5.74, 6) is 1.93. The van der Waals surface area contributed by atoms with Crippen LogP contribution in [-0.4, -0.2) is 71.8 Å². The molecular weight excluding hydrogens is 474 g/mol. The molecule has 0 radical (unpaired) electrons. The molecule has 0 bridgehead atoms. The molecule has 2 fully saturated rings. The van der Waals surface area contributed by atoms with Crippen LogP contribution in [0.4, 0.5) is 11.8 Å². The van der Waals surface area contributed by atoms with Crippen LogP contribution in [0.1, 0.15) is 35.0 Å². The normalized spacial score (nSPS) is 17.4. The Balaban J connectivity index is 1.19. The number of thiophene rings is 1. The predicted molar refractivity (Wildman–Crippen MR) is 134 cm³/mol. The summed E-state index contributed by atoms with van der Waals surface area (Å²) in [6, 6.07) is 1.81. The summed E-state index contributed by atoms with van der Waals surface area (Å²) >= 11 is 7.60. The highest BCUT2D eigenvalue weighted by atomic mass is 35.5. The number of piperidine rings is 1. The maximum atomic E-state index is 12.9. The van der Waals surface area contributed by atoms with E-state index in [0.29, 0.717) is 36.1 Å². The van der Waals surface area contributed by atoms with E-state index >= 15 is 0 Å². The number of halogens is 1. The maximum Gasteiger partial charge on any atom is 0.261 e. The van der Waals surface area contributed by atoms with Gasteiger partial charge in [-0.1, -0.05) is 6.92 Å². The van der Waals surface area contributed by atoms with Gasteiger partial charge in [0.2, 0.25) is 11.2 Å². The first-order valence-corrected chi connectivity index (χ1v) is 12.9. The molecule has 1 N–H and O–H groups in total. The summed E-state index contributed by atoms with van der Waals surface area (Å²) in [7, 11) is 0. The Kier molecular flexibility index (Phi) is 7.07. The molecule has 0 aliphatic carbocycles. The molecule has 1 amide bonds. The number of amides is 1. The van der Waals surface area contributed by atoms with Crippen molar-refractivity contribution in [2.75, 3.05) is 55.7 Å². The molecule has 3 aromatic heterocycles. The number of hydrogen-bond donors (Lipinski definition) is 1. The van der Waals surface area contributed by atoms with Crippen LogP contribution in [0, 0.1) is 5.92 Å². The first kappa shape index (κ1) is 23.2. The van der Waals surface area contributed by atoms with Gasteiger partial charge in [-0.05, 0) is 48.4 Å². The zero-order valence-corrected chi connectivity index (χ0v) is 20.7. The fourth-order valence-electron chi connectivity index (χ4n) is 4.34. The van der Waals surface area contributed by atoms with Gasteiger partial charge >= 0.3 is 0 Å². The second kappa shape index (κ2) is 10.4. The summed E-state index contributed by atoms with van der Waals surface area (Å²) in [6.07, 6.45) is 6.74. The van der Waals surface area contributed by atoms with Gasteiger partial charge in [-0.2, -0.15) is 4.98 Å². The number of aryl methyl sites for hydroxylation is 1. The lowest BCUT2D eigenvalue weighted by Gasteiger charge is -2.32. The Morgan fingerprint density at radius 3 is 2.59 bits per heavy atom. The maximum absolute atomic E-state index is 12.9. The van der Waals surface area contributed by atoms with E-state index in [1.54, 1.807) is 0 Å². The van der Waals surface area contributed by atoms with Crippen molar-refractivity contribution < 1.29 is 9.53 Å². The number of carbonyl (C=O) groups excluding carboxylic acids is 1. The van der Waals surface area contributed by atoms with Gasteiger partial charge in [0, 0.05) is 45.1 Å². The third-order valence-electron chi connectivity index (χ3n) is 6.41. The number of anilines is 2. The summed E-state index contributed by atoms with van der Waals surface area (Å²) in [5, 5.41) is 3.31. The Bertz CT molecular complexity index is 1140. The Labute approximate surface area is 207 Å². The molecule has 34 heavy (non-hydrogen) atoms. The summed E-state index contributed by atoms with van der Waals surface area (Å²) in [4.78, 5) is 35.7. The van der Waals surface area contributed by atoms with Crippen molar-refractivity contribution in [2.45, 2.75) is 26.2 Å². The van der Waals surface area contributed by atoms with Crippen molar-refractivity contribution in [1.29, 1.82) is 0 Å². The van der Waals surface area contributed by atoms with Crippen LogP contribution >= 0.6 is 22.9 Å². The molecule has 2 saturated heterocycles. The summed E-state index contributed by atoms with van der Waals surface area (Å²) in [6.45, 7) is 7.33. The largest absolute Gasteiger partial charge is 0.378 e. The quantitative estimate of drug-likeness (QED) is 0.514. The van der Waals surface area contributed by atoms with Gasteiger partial charge in [-0.25, -0.2) is 15.0 Å². The third-order valence-corrected chi connectivity index (χ3v) is 7.70. The number of fused-ring (bicyclic) bond motifs is 1. The van der Waals surface area contributed by atoms with Crippen molar-refractivity contribution in [3.05, 3.63) is 34.2 Å². The fourth-order valence-corrected chi connectivity index (χ4v) is 5.55. The highest BCUT2D eigenvalue weighted by Gasteiger charge is 2.24. The zero-order chi connectivity index (χ0) is 23.5. The number of morpholine rings is 1. The number of nitrogens with one attached hydrogen (secondary N) is 1. The van der Waals surface area contributed by atoms with E-state index in [4.69, 9.17) is 16.3 Å².